The molecule has 0 aliphatic rings. The number of hydrogen-bond donors (Lipinski definition) is 1. The summed E-state index contributed by atoms with van der Waals surface area (Å²) in [6, 6.07) is 3.88. The van der Waals surface area contributed by atoms with Crippen LogP contribution >= 0.6 is 0 Å². The zero-order valence-electron chi connectivity index (χ0n) is 14.4. The number of hydrogen-bond acceptors (Lipinski definition) is 7. The first-order chi connectivity index (χ1) is 11.6. The largest absolute Gasteiger partial charge is 0.452 e. The van der Waals surface area contributed by atoms with Crippen LogP contribution in [0, 0.1) is 10.1 Å². The second-order valence-corrected chi connectivity index (χ2v) is 5.50. The number of anilines is 1. The molecule has 0 aliphatic heterocycles. The molecule has 0 saturated heterocycles. The highest BCUT2D eigenvalue weighted by atomic mass is 16.6. The molecule has 1 rings (SSSR count). The van der Waals surface area contributed by atoms with Crippen LogP contribution in [0.4, 0.5) is 11.4 Å². The molecule has 0 spiro atoms. The van der Waals surface area contributed by atoms with Gasteiger partial charge in [0.05, 0.1) is 17.0 Å². The van der Waals surface area contributed by atoms with Crippen LogP contribution < -0.4 is 10.2 Å². The number of likely N-dealkylation sites (N-methyl/N-ethyl adjacent to an activating group) is 1. The van der Waals surface area contributed by atoms with Crippen LogP contribution in [0.2, 0.25) is 0 Å². The summed E-state index contributed by atoms with van der Waals surface area (Å²) in [5, 5.41) is 13.4. The molecule has 1 N–H and O–H groups in total. The lowest BCUT2D eigenvalue weighted by molar-refractivity contribution is -0.384. The van der Waals surface area contributed by atoms with E-state index >= 15 is 0 Å². The summed E-state index contributed by atoms with van der Waals surface area (Å²) < 4.78 is 4.81. The molecule has 2 amide bonds. The number of rotatable bonds is 7. The second-order valence-electron chi connectivity index (χ2n) is 5.50. The number of ether oxygens (including phenoxy) is 1. The van der Waals surface area contributed by atoms with Gasteiger partial charge >= 0.3 is 5.97 Å². The van der Waals surface area contributed by atoms with Gasteiger partial charge in [-0.05, 0) is 12.1 Å². The van der Waals surface area contributed by atoms with Crippen molar-refractivity contribution in [2.24, 2.45) is 0 Å². The molecule has 0 unspecified atom stereocenters. The lowest BCUT2D eigenvalue weighted by atomic mass is 10.1. The van der Waals surface area contributed by atoms with Gasteiger partial charge in [0, 0.05) is 34.3 Å². The van der Waals surface area contributed by atoms with E-state index in [1.165, 1.54) is 17.0 Å². The fraction of sp³-hybridized carbons (Fsp3) is 0.400. The number of nitrogens with one attached hydrogen (secondary N) is 1. The van der Waals surface area contributed by atoms with Crippen LogP contribution in [0.1, 0.15) is 10.4 Å². The van der Waals surface area contributed by atoms with Crippen molar-refractivity contribution in [1.29, 1.82) is 0 Å². The van der Waals surface area contributed by atoms with Gasteiger partial charge in [-0.3, -0.25) is 19.7 Å². The normalized spacial score (nSPS) is 9.92. The summed E-state index contributed by atoms with van der Waals surface area (Å²) in [7, 11) is 6.36. The van der Waals surface area contributed by atoms with E-state index in [0.29, 0.717) is 5.69 Å². The van der Waals surface area contributed by atoms with Gasteiger partial charge in [-0.2, -0.15) is 0 Å². The van der Waals surface area contributed by atoms with Crippen molar-refractivity contribution in [2.75, 3.05) is 46.2 Å². The quantitative estimate of drug-likeness (QED) is 0.417. The smallest absolute Gasteiger partial charge is 0.338 e. The van der Waals surface area contributed by atoms with E-state index in [4.69, 9.17) is 4.74 Å². The van der Waals surface area contributed by atoms with E-state index in [1.54, 1.807) is 33.1 Å². The van der Waals surface area contributed by atoms with E-state index in [9.17, 15) is 24.5 Å². The monoisotopic (exact) mass is 352 g/mol. The van der Waals surface area contributed by atoms with Crippen LogP contribution in [0.3, 0.4) is 0 Å². The zero-order valence-corrected chi connectivity index (χ0v) is 14.4. The Bertz CT molecular complexity index is 687. The van der Waals surface area contributed by atoms with Crippen LogP contribution in [-0.4, -0.2) is 68.9 Å². The average Bonchev–Trinajstić information content (AvgIpc) is 2.56. The van der Waals surface area contributed by atoms with Gasteiger partial charge in [-0.25, -0.2) is 4.79 Å². The number of nitrogens with zero attached hydrogens (tertiary/aromatic N) is 3. The molecule has 1 aromatic rings. The maximum Gasteiger partial charge on any atom is 0.338 e. The van der Waals surface area contributed by atoms with Crippen LogP contribution in [0.25, 0.3) is 0 Å². The number of benzene rings is 1. The maximum absolute atomic E-state index is 11.9. The Kier molecular flexibility index (Phi) is 6.85. The van der Waals surface area contributed by atoms with Gasteiger partial charge in [0.15, 0.2) is 6.61 Å². The highest BCUT2D eigenvalue weighted by Gasteiger charge is 2.20. The summed E-state index contributed by atoms with van der Waals surface area (Å²) in [5.74, 6) is -1.83. The molecule has 0 bridgehead atoms. The standard InChI is InChI=1S/C15H20N4O6/c1-17(2)11-6-5-10(7-12(11)19(23)24)15(22)25-9-13(20)16-8-14(21)18(3)4/h5-7H,8-9H2,1-4H3,(H,16,20). The lowest BCUT2D eigenvalue weighted by Gasteiger charge is -2.13. The number of amides is 2. The highest BCUT2D eigenvalue weighted by Crippen LogP contribution is 2.27. The van der Waals surface area contributed by atoms with Crippen LogP contribution in [-0.2, 0) is 14.3 Å². The minimum Gasteiger partial charge on any atom is -0.452 e. The SMILES string of the molecule is CN(C)C(=O)CNC(=O)COC(=O)c1ccc(N(C)C)c([N+](=O)[O-])c1. The van der Waals surface area contributed by atoms with Gasteiger partial charge in [-0.1, -0.05) is 0 Å². The summed E-state index contributed by atoms with van der Waals surface area (Å²) in [6.45, 7) is -0.810. The minimum absolute atomic E-state index is 0.0468. The molecule has 1 aromatic carbocycles. The van der Waals surface area contributed by atoms with Gasteiger partial charge in [0.1, 0.15) is 5.69 Å². The number of carbonyl (C=O) groups excluding carboxylic acids is 3. The van der Waals surface area contributed by atoms with Gasteiger partial charge in [0.2, 0.25) is 5.91 Å². The Morgan fingerprint density at radius 2 is 1.84 bits per heavy atom. The van der Waals surface area contributed by atoms with Crippen molar-refractivity contribution in [2.45, 2.75) is 0 Å². The topological polar surface area (TPSA) is 122 Å². The third-order valence-electron chi connectivity index (χ3n) is 3.16. The molecule has 0 aromatic heterocycles. The first-order valence-corrected chi connectivity index (χ1v) is 7.23. The Balaban J connectivity index is 2.69. The molecule has 0 heterocycles. The molecular formula is C15H20N4O6. The van der Waals surface area contributed by atoms with Gasteiger partial charge in [0.25, 0.3) is 11.6 Å². The summed E-state index contributed by atoms with van der Waals surface area (Å²) in [4.78, 5) is 48.2. The predicted molar refractivity (Wildman–Crippen MR) is 89.4 cm³/mol. The molecule has 0 fully saturated rings. The second kappa shape index (κ2) is 8.62. The first kappa shape index (κ1) is 19.9. The number of esters is 1. The van der Waals surface area contributed by atoms with E-state index in [-0.39, 0.29) is 23.7 Å². The Labute approximate surface area is 144 Å². The Hall–Kier alpha value is -3.17. The van der Waals surface area contributed by atoms with Crippen molar-refractivity contribution in [3.8, 4) is 0 Å². The fourth-order valence-corrected chi connectivity index (χ4v) is 1.77. The molecular weight excluding hydrogens is 332 g/mol. The van der Waals surface area contributed by atoms with Crippen LogP contribution in [0.5, 0.6) is 0 Å². The van der Waals surface area contributed by atoms with Crippen molar-refractivity contribution in [1.82, 2.24) is 10.2 Å². The summed E-state index contributed by atoms with van der Waals surface area (Å²) >= 11 is 0. The first-order valence-electron chi connectivity index (χ1n) is 7.23. The predicted octanol–water partition coefficient (Wildman–Crippen LogP) is 0.0220. The molecule has 0 saturated carbocycles. The van der Waals surface area contributed by atoms with Crippen molar-refractivity contribution in [3.63, 3.8) is 0 Å². The average molecular weight is 352 g/mol. The third kappa shape index (κ3) is 5.75. The molecule has 136 valence electrons. The van der Waals surface area contributed by atoms with Crippen molar-refractivity contribution < 1.29 is 24.0 Å². The highest BCUT2D eigenvalue weighted by molar-refractivity contribution is 5.93. The van der Waals surface area contributed by atoms with E-state index in [0.717, 1.165) is 6.07 Å². The number of nitro benzene ring substituents is 1. The minimum atomic E-state index is -0.873. The van der Waals surface area contributed by atoms with Crippen molar-refractivity contribution in [3.05, 3.63) is 33.9 Å². The number of nitro groups is 1. The molecule has 0 radical (unpaired) electrons. The summed E-state index contributed by atoms with van der Waals surface area (Å²) in [5.41, 5.74) is 0.0384. The van der Waals surface area contributed by atoms with Gasteiger partial charge < -0.3 is 19.9 Å². The molecule has 10 heteroatoms. The van der Waals surface area contributed by atoms with Crippen molar-refractivity contribution >= 4 is 29.2 Å². The van der Waals surface area contributed by atoms with Gasteiger partial charge in [-0.15, -0.1) is 0 Å². The fourth-order valence-electron chi connectivity index (χ4n) is 1.77. The Morgan fingerprint density at radius 3 is 2.36 bits per heavy atom. The number of carbonyl (C=O) groups is 3. The molecule has 10 nitrogen and oxygen atoms in total. The summed E-state index contributed by atoms with van der Waals surface area (Å²) in [6.07, 6.45) is 0. The lowest BCUT2D eigenvalue weighted by Crippen LogP contribution is -2.38. The molecule has 0 atom stereocenters. The molecule has 25 heavy (non-hydrogen) atoms. The Morgan fingerprint density at radius 1 is 1.20 bits per heavy atom. The van der Waals surface area contributed by atoms with E-state index in [1.807, 2.05) is 0 Å². The van der Waals surface area contributed by atoms with E-state index in [2.05, 4.69) is 5.32 Å². The maximum atomic E-state index is 11.9. The third-order valence-corrected chi connectivity index (χ3v) is 3.16. The molecule has 0 aliphatic carbocycles. The van der Waals surface area contributed by atoms with Crippen LogP contribution in [0.15, 0.2) is 18.2 Å². The van der Waals surface area contributed by atoms with E-state index < -0.39 is 23.4 Å². The zero-order chi connectivity index (χ0) is 19.1.